The molecule has 0 saturated heterocycles. The van der Waals surface area contributed by atoms with Gasteiger partial charge in [-0.05, 0) is 68.1 Å². The van der Waals surface area contributed by atoms with Gasteiger partial charge in [-0.25, -0.2) is 13.8 Å². The van der Waals surface area contributed by atoms with Gasteiger partial charge in [0, 0.05) is 16.5 Å². The van der Waals surface area contributed by atoms with E-state index in [-0.39, 0.29) is 12.0 Å². The smallest absolute Gasteiger partial charge is 0.265 e. The number of benzene rings is 1. The van der Waals surface area contributed by atoms with Crippen LogP contribution in [0.1, 0.15) is 17.2 Å². The number of rotatable bonds is 5. The summed E-state index contributed by atoms with van der Waals surface area (Å²) in [4.78, 5) is 4.20. The summed E-state index contributed by atoms with van der Waals surface area (Å²) in [5.41, 5.74) is 0.631. The summed E-state index contributed by atoms with van der Waals surface area (Å²) in [6.45, 7) is 0. The van der Waals surface area contributed by atoms with Gasteiger partial charge in [0.15, 0.2) is 0 Å². The van der Waals surface area contributed by atoms with Crippen molar-refractivity contribution in [3.63, 3.8) is 0 Å². The lowest BCUT2D eigenvalue weighted by Crippen LogP contribution is -2.18. The van der Waals surface area contributed by atoms with E-state index in [2.05, 4.69) is 36.8 Å². The molecule has 2 rings (SSSR count). The van der Waals surface area contributed by atoms with Crippen molar-refractivity contribution >= 4 is 42.0 Å². The fraction of sp³-hybridized carbons (Fsp3) is 0.214. The molecule has 1 aromatic heterocycles. The zero-order valence-corrected chi connectivity index (χ0v) is 15.5. The summed E-state index contributed by atoms with van der Waals surface area (Å²) in [6.07, 6.45) is -0.00345. The molecule has 1 atom stereocenters. The van der Waals surface area contributed by atoms with E-state index in [9.17, 15) is 17.2 Å². The van der Waals surface area contributed by atoms with Gasteiger partial charge < -0.3 is 0 Å². The SMILES string of the molecule is O=S(=O)(O)CC(Cc1cc(F)cc(F)c1)c1nc(Br)ccc1Br. The van der Waals surface area contributed by atoms with Crippen LogP contribution in [0, 0.1) is 11.6 Å². The Morgan fingerprint density at radius 2 is 1.74 bits per heavy atom. The van der Waals surface area contributed by atoms with Crippen molar-refractivity contribution in [2.45, 2.75) is 12.3 Å². The molecule has 2 aromatic rings. The number of hydrogen-bond donors (Lipinski definition) is 1. The first-order valence-electron chi connectivity index (χ1n) is 6.36. The normalized spacial score (nSPS) is 13.1. The molecule has 0 amide bonds. The number of aromatic nitrogens is 1. The van der Waals surface area contributed by atoms with Gasteiger partial charge in [-0.3, -0.25) is 4.55 Å². The van der Waals surface area contributed by atoms with Gasteiger partial charge in [0.25, 0.3) is 10.1 Å². The standard InChI is InChI=1S/C14H11Br2F2NO3S/c15-12-1-2-13(16)19-14(12)9(7-23(20,21)22)3-8-4-10(17)6-11(18)5-8/h1-2,4-6,9H,3,7H2,(H,20,21,22). The fourth-order valence-corrected chi connectivity index (χ4v) is 3.87. The van der Waals surface area contributed by atoms with Gasteiger partial charge in [-0.15, -0.1) is 0 Å². The number of hydrogen-bond acceptors (Lipinski definition) is 3. The molecule has 9 heteroatoms. The number of nitrogens with zero attached hydrogens (tertiary/aromatic N) is 1. The molecule has 0 aliphatic carbocycles. The van der Waals surface area contributed by atoms with Crippen LogP contribution in [0.15, 0.2) is 39.4 Å². The summed E-state index contributed by atoms with van der Waals surface area (Å²) < 4.78 is 59.4. The third-order valence-corrected chi connectivity index (χ3v) is 4.98. The lowest BCUT2D eigenvalue weighted by molar-refractivity contribution is 0.475. The lowest BCUT2D eigenvalue weighted by Gasteiger charge is -2.17. The van der Waals surface area contributed by atoms with Crippen LogP contribution in [0.5, 0.6) is 0 Å². The summed E-state index contributed by atoms with van der Waals surface area (Å²) in [5.74, 6) is -2.91. The Labute approximate surface area is 148 Å². The molecule has 0 spiro atoms. The van der Waals surface area contributed by atoms with Gasteiger partial charge in [-0.1, -0.05) is 0 Å². The van der Waals surface area contributed by atoms with Crippen molar-refractivity contribution in [2.24, 2.45) is 0 Å². The third-order valence-electron chi connectivity index (χ3n) is 3.04. The lowest BCUT2D eigenvalue weighted by atomic mass is 9.97. The van der Waals surface area contributed by atoms with Gasteiger partial charge in [-0.2, -0.15) is 8.42 Å². The summed E-state index contributed by atoms with van der Waals surface area (Å²) in [5, 5.41) is 0. The zero-order valence-electron chi connectivity index (χ0n) is 11.5. The first kappa shape index (κ1) is 18.4. The first-order chi connectivity index (χ1) is 10.6. The average Bonchev–Trinajstić information content (AvgIpc) is 2.38. The van der Waals surface area contributed by atoms with Crippen LogP contribution in [-0.2, 0) is 16.5 Å². The van der Waals surface area contributed by atoms with Gasteiger partial charge in [0.1, 0.15) is 16.2 Å². The average molecular weight is 471 g/mol. The Morgan fingerprint density at radius 1 is 1.13 bits per heavy atom. The second-order valence-corrected chi connectivity index (χ2v) is 8.09. The molecule has 4 nitrogen and oxygen atoms in total. The van der Waals surface area contributed by atoms with Crippen LogP contribution < -0.4 is 0 Å². The van der Waals surface area contributed by atoms with Gasteiger partial charge >= 0.3 is 0 Å². The van der Waals surface area contributed by atoms with Crippen LogP contribution in [-0.4, -0.2) is 23.7 Å². The van der Waals surface area contributed by atoms with Crippen LogP contribution >= 0.6 is 31.9 Å². The maximum Gasteiger partial charge on any atom is 0.265 e. The highest BCUT2D eigenvalue weighted by molar-refractivity contribution is 9.11. The third kappa shape index (κ3) is 5.59. The highest BCUT2D eigenvalue weighted by Crippen LogP contribution is 2.29. The van der Waals surface area contributed by atoms with E-state index in [1.807, 2.05) is 0 Å². The van der Waals surface area contributed by atoms with Crippen molar-refractivity contribution in [1.29, 1.82) is 0 Å². The zero-order chi connectivity index (χ0) is 17.2. The highest BCUT2D eigenvalue weighted by atomic mass is 79.9. The van der Waals surface area contributed by atoms with Gasteiger partial charge in [0.2, 0.25) is 0 Å². The molecule has 0 aliphatic heterocycles. The molecule has 1 unspecified atom stereocenters. The van der Waals surface area contributed by atoms with E-state index < -0.39 is 33.4 Å². The van der Waals surface area contributed by atoms with E-state index in [1.165, 1.54) is 0 Å². The van der Waals surface area contributed by atoms with Gasteiger partial charge in [0.05, 0.1) is 11.4 Å². The molecule has 1 aromatic carbocycles. The molecule has 0 saturated carbocycles. The van der Waals surface area contributed by atoms with E-state index in [0.29, 0.717) is 14.8 Å². The molecule has 0 bridgehead atoms. The molecule has 0 radical (unpaired) electrons. The van der Waals surface area contributed by atoms with Crippen molar-refractivity contribution in [2.75, 3.05) is 5.75 Å². The minimum absolute atomic E-state index is 0.00345. The number of pyridine rings is 1. The highest BCUT2D eigenvalue weighted by Gasteiger charge is 2.23. The van der Waals surface area contributed by atoms with Crippen molar-refractivity contribution in [1.82, 2.24) is 4.98 Å². The Morgan fingerprint density at radius 3 is 2.30 bits per heavy atom. The molecule has 0 aliphatic rings. The predicted molar refractivity (Wildman–Crippen MR) is 88.9 cm³/mol. The largest absolute Gasteiger partial charge is 0.286 e. The second-order valence-electron chi connectivity index (χ2n) is 4.93. The van der Waals surface area contributed by atoms with Crippen LogP contribution in [0.4, 0.5) is 8.78 Å². The van der Waals surface area contributed by atoms with Crippen molar-refractivity contribution in [3.8, 4) is 0 Å². The Bertz CT molecular complexity index is 811. The quantitative estimate of drug-likeness (QED) is 0.527. The monoisotopic (exact) mass is 469 g/mol. The molecule has 0 fully saturated rings. The second kappa shape index (κ2) is 7.33. The topological polar surface area (TPSA) is 67.3 Å². The first-order valence-corrected chi connectivity index (χ1v) is 9.55. The predicted octanol–water partition coefficient (Wildman–Crippen LogP) is 4.10. The minimum atomic E-state index is -4.31. The Hall–Kier alpha value is -0.900. The van der Waals surface area contributed by atoms with Crippen molar-refractivity contribution in [3.05, 3.63) is 62.3 Å². The van der Waals surface area contributed by atoms with Crippen LogP contribution in [0.2, 0.25) is 0 Å². The van der Waals surface area contributed by atoms with Crippen molar-refractivity contribution < 1.29 is 21.8 Å². The Balaban J connectivity index is 2.43. The van der Waals surface area contributed by atoms with E-state index in [4.69, 9.17) is 4.55 Å². The summed E-state index contributed by atoms with van der Waals surface area (Å²) in [6, 6.07) is 6.28. The molecule has 1 N–H and O–H groups in total. The summed E-state index contributed by atoms with van der Waals surface area (Å²) in [7, 11) is -4.31. The molecule has 1 heterocycles. The minimum Gasteiger partial charge on any atom is -0.286 e. The van der Waals surface area contributed by atoms with E-state index >= 15 is 0 Å². The molecular weight excluding hydrogens is 460 g/mol. The Kier molecular flexibility index (Phi) is 5.88. The molecular formula is C14H11Br2F2NO3S. The summed E-state index contributed by atoms with van der Waals surface area (Å²) >= 11 is 6.46. The maximum absolute atomic E-state index is 13.3. The molecule has 23 heavy (non-hydrogen) atoms. The van der Waals surface area contributed by atoms with Crippen LogP contribution in [0.25, 0.3) is 0 Å². The van der Waals surface area contributed by atoms with E-state index in [1.54, 1.807) is 12.1 Å². The fourth-order valence-electron chi connectivity index (χ4n) is 2.22. The number of halogens is 4. The maximum atomic E-state index is 13.3. The van der Waals surface area contributed by atoms with Crippen LogP contribution in [0.3, 0.4) is 0 Å². The molecule has 124 valence electrons. The van der Waals surface area contributed by atoms with E-state index in [0.717, 1.165) is 18.2 Å².